The van der Waals surface area contributed by atoms with Crippen LogP contribution < -0.4 is 9.75 Å². The Morgan fingerprint density at radius 1 is 1.03 bits per heavy atom. The van der Waals surface area contributed by atoms with Crippen LogP contribution in [0.2, 0.25) is 0 Å². The number of ether oxygens (including phenoxy) is 1. The van der Waals surface area contributed by atoms with Gasteiger partial charge in [-0.1, -0.05) is 24.3 Å². The highest BCUT2D eigenvalue weighted by Gasteiger charge is 2.44. The van der Waals surface area contributed by atoms with E-state index in [1.807, 2.05) is 29.3 Å². The van der Waals surface area contributed by atoms with E-state index >= 15 is 0 Å². The normalized spacial score (nSPS) is 19.5. The van der Waals surface area contributed by atoms with Crippen molar-refractivity contribution in [2.75, 3.05) is 12.1 Å². The molecule has 0 unspecified atom stereocenters. The lowest BCUT2D eigenvalue weighted by atomic mass is 9.89. The highest BCUT2D eigenvalue weighted by Crippen LogP contribution is 2.45. The molecule has 0 fully saturated rings. The number of nitrogens with zero attached hydrogens (tertiary/aromatic N) is 3. The van der Waals surface area contributed by atoms with Gasteiger partial charge in [-0.25, -0.2) is 0 Å². The van der Waals surface area contributed by atoms with E-state index in [0.29, 0.717) is 0 Å². The maximum atomic E-state index is 11.0. The summed E-state index contributed by atoms with van der Waals surface area (Å²) >= 11 is 0. The van der Waals surface area contributed by atoms with Crippen LogP contribution in [-0.2, 0) is 6.42 Å². The Balaban J connectivity index is 1.59. The first-order valence-electron chi connectivity index (χ1n) is 9.50. The lowest BCUT2D eigenvalue weighted by Crippen LogP contribution is -2.29. The summed E-state index contributed by atoms with van der Waals surface area (Å²) in [5.74, 6) is 0.970. The summed E-state index contributed by atoms with van der Waals surface area (Å²) in [7, 11) is 1.65. The van der Waals surface area contributed by atoms with E-state index in [4.69, 9.17) is 9.84 Å². The Morgan fingerprint density at radius 2 is 1.76 bits per heavy atom. The zero-order chi connectivity index (χ0) is 20.0. The minimum Gasteiger partial charge on any atom is -0.497 e. The van der Waals surface area contributed by atoms with Crippen LogP contribution in [0.1, 0.15) is 22.6 Å². The van der Waals surface area contributed by atoms with Gasteiger partial charge in [-0.15, -0.1) is 0 Å². The number of hydrogen-bond donors (Lipinski definition) is 0. The smallest absolute Gasteiger partial charge is 0.269 e. The number of non-ortho nitro benzene ring substituents is 1. The number of fused-ring (bicyclic) bond motifs is 3. The Labute approximate surface area is 168 Å². The van der Waals surface area contributed by atoms with Gasteiger partial charge in [-0.3, -0.25) is 15.1 Å². The quantitative estimate of drug-likeness (QED) is 0.489. The maximum absolute atomic E-state index is 11.0. The number of hydrogen-bond acceptors (Lipinski definition) is 5. The average Bonchev–Trinajstić information content (AvgIpc) is 3.31. The highest BCUT2D eigenvalue weighted by atomic mass is 16.6. The molecule has 2 atom stereocenters. The van der Waals surface area contributed by atoms with E-state index in [1.54, 1.807) is 19.2 Å². The monoisotopic (exact) mass is 385 g/mol. The van der Waals surface area contributed by atoms with Crippen LogP contribution in [-0.4, -0.2) is 23.8 Å². The van der Waals surface area contributed by atoms with Crippen molar-refractivity contribution < 1.29 is 9.66 Å². The van der Waals surface area contributed by atoms with Gasteiger partial charge in [0.25, 0.3) is 5.69 Å². The number of hydrazone groups is 1. The molecule has 6 heteroatoms. The summed E-state index contributed by atoms with van der Waals surface area (Å²) in [5, 5.41) is 18.0. The van der Waals surface area contributed by atoms with Gasteiger partial charge in [0.1, 0.15) is 5.75 Å². The van der Waals surface area contributed by atoms with Crippen LogP contribution in [0.15, 0.2) is 77.9 Å². The summed E-state index contributed by atoms with van der Waals surface area (Å²) < 4.78 is 5.29. The van der Waals surface area contributed by atoms with Crippen molar-refractivity contribution in [3.8, 4) is 5.75 Å². The molecule has 6 nitrogen and oxygen atoms in total. The molecule has 0 saturated heterocycles. The number of methoxy groups -OCH3 is 1. The standard InChI is InChI=1S/C23H19N3O3/c1-29-19-12-6-15(7-13-19)23-22-20-5-3-2-4-16(20)14-21(22)25(24-23)17-8-10-18(11-9-17)26(27)28/h2-13,21-22H,14H2,1H3/t21-,22+/m1/s1. The fraction of sp³-hybridized carbons (Fsp3) is 0.174. The molecule has 0 N–H and O–H groups in total. The molecule has 29 heavy (non-hydrogen) atoms. The third kappa shape index (κ3) is 2.84. The highest BCUT2D eigenvalue weighted by molar-refractivity contribution is 6.08. The van der Waals surface area contributed by atoms with Crippen molar-refractivity contribution in [3.05, 3.63) is 99.6 Å². The van der Waals surface area contributed by atoms with Gasteiger partial charge >= 0.3 is 0 Å². The van der Waals surface area contributed by atoms with Crippen molar-refractivity contribution in [1.29, 1.82) is 0 Å². The zero-order valence-electron chi connectivity index (χ0n) is 15.9. The molecule has 0 radical (unpaired) electrons. The van der Waals surface area contributed by atoms with Gasteiger partial charge in [0, 0.05) is 12.1 Å². The molecule has 0 amide bonds. The maximum Gasteiger partial charge on any atom is 0.269 e. The van der Waals surface area contributed by atoms with Crippen LogP contribution in [0.4, 0.5) is 11.4 Å². The second-order valence-electron chi connectivity index (χ2n) is 7.28. The predicted octanol–water partition coefficient (Wildman–Crippen LogP) is 4.54. The molecule has 1 heterocycles. The molecule has 1 aliphatic heterocycles. The third-order valence-corrected chi connectivity index (χ3v) is 5.74. The Hall–Kier alpha value is -3.67. The minimum absolute atomic E-state index is 0.0820. The predicted molar refractivity (Wildman–Crippen MR) is 112 cm³/mol. The van der Waals surface area contributed by atoms with E-state index in [2.05, 4.69) is 24.3 Å². The van der Waals surface area contributed by atoms with E-state index in [-0.39, 0.29) is 22.6 Å². The molecule has 3 aromatic carbocycles. The summed E-state index contributed by atoms with van der Waals surface area (Å²) in [5.41, 5.74) is 5.65. The van der Waals surface area contributed by atoms with Crippen LogP contribution in [0, 0.1) is 10.1 Å². The van der Waals surface area contributed by atoms with Gasteiger partial charge < -0.3 is 4.74 Å². The van der Waals surface area contributed by atoms with Gasteiger partial charge in [-0.05, 0) is 59.5 Å². The fourth-order valence-corrected chi connectivity index (χ4v) is 4.36. The van der Waals surface area contributed by atoms with E-state index in [0.717, 1.165) is 29.1 Å². The first-order valence-corrected chi connectivity index (χ1v) is 9.50. The van der Waals surface area contributed by atoms with Crippen LogP contribution >= 0.6 is 0 Å². The molecule has 3 aromatic rings. The number of anilines is 1. The fourth-order valence-electron chi connectivity index (χ4n) is 4.36. The Bertz CT molecular complexity index is 1110. The largest absolute Gasteiger partial charge is 0.497 e. The molecule has 144 valence electrons. The lowest BCUT2D eigenvalue weighted by Gasteiger charge is -2.23. The van der Waals surface area contributed by atoms with Gasteiger partial charge in [0.2, 0.25) is 0 Å². The molecule has 0 saturated carbocycles. The van der Waals surface area contributed by atoms with Gasteiger partial charge in [-0.2, -0.15) is 5.10 Å². The number of rotatable bonds is 4. The Kier molecular flexibility index (Phi) is 4.05. The van der Waals surface area contributed by atoms with Crippen LogP contribution in [0.25, 0.3) is 0 Å². The number of benzene rings is 3. The average molecular weight is 385 g/mol. The van der Waals surface area contributed by atoms with Crippen molar-refractivity contribution in [3.63, 3.8) is 0 Å². The second-order valence-corrected chi connectivity index (χ2v) is 7.28. The molecule has 0 bridgehead atoms. The van der Waals surface area contributed by atoms with Crippen LogP contribution in [0.3, 0.4) is 0 Å². The summed E-state index contributed by atoms with van der Waals surface area (Å²) in [6.45, 7) is 0. The molecule has 2 aliphatic rings. The SMILES string of the molecule is COc1ccc(C2=NN(c3ccc([N+](=O)[O-])cc3)[C@@H]3Cc4ccccc4[C@H]23)cc1. The number of nitro benzene ring substituents is 1. The molecular weight excluding hydrogens is 366 g/mol. The molecule has 0 spiro atoms. The molecule has 1 aliphatic carbocycles. The lowest BCUT2D eigenvalue weighted by molar-refractivity contribution is -0.384. The van der Waals surface area contributed by atoms with Crippen molar-refractivity contribution in [2.24, 2.45) is 5.10 Å². The summed E-state index contributed by atoms with van der Waals surface area (Å²) in [6.07, 6.45) is 0.890. The third-order valence-electron chi connectivity index (χ3n) is 5.74. The minimum atomic E-state index is -0.381. The zero-order valence-corrected chi connectivity index (χ0v) is 15.9. The molecule has 5 rings (SSSR count). The van der Waals surface area contributed by atoms with Crippen molar-refractivity contribution >= 4 is 17.1 Å². The van der Waals surface area contributed by atoms with E-state index < -0.39 is 0 Å². The first-order chi connectivity index (χ1) is 14.2. The van der Waals surface area contributed by atoms with Crippen molar-refractivity contribution in [1.82, 2.24) is 0 Å². The van der Waals surface area contributed by atoms with Gasteiger partial charge in [0.15, 0.2) is 0 Å². The topological polar surface area (TPSA) is 68.0 Å². The van der Waals surface area contributed by atoms with E-state index in [9.17, 15) is 10.1 Å². The Morgan fingerprint density at radius 3 is 2.45 bits per heavy atom. The summed E-state index contributed by atoms with van der Waals surface area (Å²) in [6, 6.07) is 23.2. The second kappa shape index (κ2) is 6.74. The first kappa shape index (κ1) is 17.4. The van der Waals surface area contributed by atoms with Crippen LogP contribution in [0.5, 0.6) is 5.75 Å². The van der Waals surface area contributed by atoms with Crippen molar-refractivity contribution in [2.45, 2.75) is 18.4 Å². The molecular formula is C23H19N3O3. The molecule has 0 aromatic heterocycles. The van der Waals surface area contributed by atoms with Gasteiger partial charge in [0.05, 0.1) is 35.4 Å². The van der Waals surface area contributed by atoms with E-state index in [1.165, 1.54) is 23.3 Å². The summed E-state index contributed by atoms with van der Waals surface area (Å²) in [4.78, 5) is 10.6. The number of nitro groups is 1.